The lowest BCUT2D eigenvalue weighted by molar-refractivity contribution is -0.139. The van der Waals surface area contributed by atoms with Crippen molar-refractivity contribution in [3.05, 3.63) is 71.7 Å². The predicted molar refractivity (Wildman–Crippen MR) is 138 cm³/mol. The second-order valence-corrected chi connectivity index (χ2v) is 10.0. The smallest absolute Gasteiger partial charge is 0.341 e. The number of H-pyrrole nitrogens is 1. The third kappa shape index (κ3) is 6.42. The number of aliphatic carboxylic acids is 1. The van der Waals surface area contributed by atoms with Gasteiger partial charge in [0.2, 0.25) is 0 Å². The standard InChI is InChI=1S/C27H30N2O5S/c1-27(2,13-18-14-28-26-20(18)8-5-10-23(26)34-17-25(31)32)29-15-19(30)16-33-22-9-4-3-7-21(22)24-11-6-12-35-24/h3-12,14,19,28-30H,13,15-17H2,1-2H3,(H,31,32)/t19-/m0/s1. The van der Waals surface area contributed by atoms with Gasteiger partial charge in [-0.2, -0.15) is 0 Å². The number of nitrogens with one attached hydrogen (secondary N) is 2. The van der Waals surface area contributed by atoms with E-state index in [0.29, 0.717) is 18.7 Å². The summed E-state index contributed by atoms with van der Waals surface area (Å²) in [5.41, 5.74) is 2.57. The van der Waals surface area contributed by atoms with Gasteiger partial charge in [-0.15, -0.1) is 11.3 Å². The summed E-state index contributed by atoms with van der Waals surface area (Å²) in [4.78, 5) is 15.2. The van der Waals surface area contributed by atoms with Crippen molar-refractivity contribution in [1.82, 2.24) is 10.3 Å². The van der Waals surface area contributed by atoms with Gasteiger partial charge in [-0.05, 0) is 55.5 Å². The zero-order valence-corrected chi connectivity index (χ0v) is 20.6. The normalized spacial score (nSPS) is 12.5. The van der Waals surface area contributed by atoms with E-state index in [0.717, 1.165) is 32.7 Å². The minimum atomic E-state index is -1.02. The molecule has 4 N–H and O–H groups in total. The lowest BCUT2D eigenvalue weighted by Crippen LogP contribution is -2.46. The van der Waals surface area contributed by atoms with Crippen molar-refractivity contribution >= 4 is 28.2 Å². The number of fused-ring (bicyclic) bond motifs is 1. The average Bonchev–Trinajstić information content (AvgIpc) is 3.51. The monoisotopic (exact) mass is 494 g/mol. The van der Waals surface area contributed by atoms with Gasteiger partial charge in [0.1, 0.15) is 24.2 Å². The van der Waals surface area contributed by atoms with Gasteiger partial charge >= 0.3 is 5.97 Å². The molecule has 8 heteroatoms. The zero-order chi connectivity index (χ0) is 24.8. The van der Waals surface area contributed by atoms with E-state index in [-0.39, 0.29) is 12.1 Å². The average molecular weight is 495 g/mol. The molecule has 35 heavy (non-hydrogen) atoms. The van der Waals surface area contributed by atoms with Gasteiger partial charge in [0.05, 0.1) is 5.52 Å². The van der Waals surface area contributed by atoms with Crippen LogP contribution in [0.1, 0.15) is 19.4 Å². The lowest BCUT2D eigenvalue weighted by atomic mass is 9.94. The number of aliphatic hydroxyl groups excluding tert-OH is 1. The maximum atomic E-state index is 10.9. The molecule has 0 aliphatic heterocycles. The number of β-amino-alcohol motifs (C(OH)–C–C–N with tert-alkyl or cyclic N) is 1. The number of hydrogen-bond donors (Lipinski definition) is 4. The van der Waals surface area contributed by atoms with E-state index < -0.39 is 18.7 Å². The van der Waals surface area contributed by atoms with Crippen LogP contribution in [-0.2, 0) is 11.2 Å². The SMILES string of the molecule is CC(C)(Cc1c[nH]c2c(OCC(=O)O)cccc12)NC[C@H](O)COc1ccccc1-c1cccs1. The summed E-state index contributed by atoms with van der Waals surface area (Å²) in [5, 5.41) is 25.9. The van der Waals surface area contributed by atoms with Crippen LogP contribution in [0, 0.1) is 0 Å². The molecule has 0 aliphatic carbocycles. The van der Waals surface area contributed by atoms with Gasteiger partial charge in [0, 0.05) is 34.1 Å². The van der Waals surface area contributed by atoms with Crippen LogP contribution in [0.3, 0.4) is 0 Å². The van der Waals surface area contributed by atoms with E-state index in [1.165, 1.54) is 0 Å². The Balaban J connectivity index is 1.34. The molecule has 0 radical (unpaired) electrons. The van der Waals surface area contributed by atoms with Gasteiger partial charge in [-0.3, -0.25) is 0 Å². The van der Waals surface area contributed by atoms with Crippen molar-refractivity contribution < 1.29 is 24.5 Å². The van der Waals surface area contributed by atoms with Gasteiger partial charge < -0.3 is 30.0 Å². The van der Waals surface area contributed by atoms with Gasteiger partial charge in [0.15, 0.2) is 6.61 Å². The Hall–Kier alpha value is -3.33. The van der Waals surface area contributed by atoms with E-state index in [9.17, 15) is 9.90 Å². The number of benzene rings is 2. The molecule has 2 heterocycles. The van der Waals surface area contributed by atoms with Crippen LogP contribution in [0.25, 0.3) is 21.3 Å². The maximum absolute atomic E-state index is 10.9. The van der Waals surface area contributed by atoms with Crippen molar-refractivity contribution in [3.63, 3.8) is 0 Å². The number of aromatic amines is 1. The number of para-hydroxylation sites is 2. The maximum Gasteiger partial charge on any atom is 0.341 e. The predicted octanol–water partition coefficient (Wildman–Crippen LogP) is 4.71. The van der Waals surface area contributed by atoms with Crippen LogP contribution < -0.4 is 14.8 Å². The number of carbonyl (C=O) groups is 1. The first-order chi connectivity index (χ1) is 16.8. The number of thiophene rings is 1. The summed E-state index contributed by atoms with van der Waals surface area (Å²) in [6.45, 7) is 4.33. The molecule has 2 aromatic carbocycles. The first-order valence-corrected chi connectivity index (χ1v) is 12.3. The van der Waals surface area contributed by atoms with Crippen molar-refractivity contribution in [2.24, 2.45) is 0 Å². The first-order valence-electron chi connectivity index (χ1n) is 11.4. The number of carboxylic acid groups (broad SMARTS) is 1. The number of aromatic nitrogens is 1. The molecule has 1 atom stereocenters. The summed E-state index contributed by atoms with van der Waals surface area (Å²) < 4.78 is 11.4. The Labute approximate surface area is 208 Å². The van der Waals surface area contributed by atoms with Crippen LogP contribution in [0.5, 0.6) is 11.5 Å². The third-order valence-corrected chi connectivity index (χ3v) is 6.57. The molecule has 4 aromatic rings. The molecule has 7 nitrogen and oxygen atoms in total. The van der Waals surface area contributed by atoms with Crippen LogP contribution in [0.4, 0.5) is 0 Å². The van der Waals surface area contributed by atoms with Crippen molar-refractivity contribution in [1.29, 1.82) is 0 Å². The van der Waals surface area contributed by atoms with E-state index in [1.807, 2.05) is 54.0 Å². The molecule has 0 spiro atoms. The fourth-order valence-corrected chi connectivity index (χ4v) is 4.75. The third-order valence-electron chi connectivity index (χ3n) is 5.67. The lowest BCUT2D eigenvalue weighted by Gasteiger charge is -2.28. The minimum Gasteiger partial charge on any atom is -0.490 e. The quantitative estimate of drug-likeness (QED) is 0.227. The molecule has 0 aliphatic rings. The highest BCUT2D eigenvalue weighted by Crippen LogP contribution is 2.33. The Kier molecular flexibility index (Phi) is 7.75. The Bertz CT molecular complexity index is 1270. The van der Waals surface area contributed by atoms with Crippen molar-refractivity contribution in [2.45, 2.75) is 31.9 Å². The Morgan fingerprint density at radius 2 is 1.89 bits per heavy atom. The number of carboxylic acids is 1. The number of rotatable bonds is 12. The minimum absolute atomic E-state index is 0.183. The first kappa shape index (κ1) is 24.8. The Morgan fingerprint density at radius 3 is 2.66 bits per heavy atom. The molecule has 0 unspecified atom stereocenters. The molecule has 4 rings (SSSR count). The van der Waals surface area contributed by atoms with Crippen LogP contribution in [0.15, 0.2) is 66.2 Å². The summed E-state index contributed by atoms with van der Waals surface area (Å²) >= 11 is 1.65. The summed E-state index contributed by atoms with van der Waals surface area (Å²) in [6.07, 6.45) is 1.94. The summed E-state index contributed by atoms with van der Waals surface area (Å²) in [5.74, 6) is 0.252. The summed E-state index contributed by atoms with van der Waals surface area (Å²) in [6, 6.07) is 17.5. The molecule has 184 valence electrons. The molecule has 0 saturated carbocycles. The zero-order valence-electron chi connectivity index (χ0n) is 19.8. The fraction of sp³-hybridized carbons (Fsp3) is 0.296. The van der Waals surface area contributed by atoms with E-state index in [4.69, 9.17) is 14.6 Å². The molecule has 2 aromatic heterocycles. The molecule has 0 fully saturated rings. The van der Waals surface area contributed by atoms with Gasteiger partial charge in [-0.25, -0.2) is 4.79 Å². The second kappa shape index (κ2) is 10.9. The second-order valence-electron chi connectivity index (χ2n) is 9.05. The highest BCUT2D eigenvalue weighted by Gasteiger charge is 2.22. The highest BCUT2D eigenvalue weighted by atomic mass is 32.1. The Morgan fingerprint density at radius 1 is 1.09 bits per heavy atom. The van der Waals surface area contributed by atoms with E-state index in [2.05, 4.69) is 30.2 Å². The number of ether oxygens (including phenoxy) is 2. The van der Waals surface area contributed by atoms with Crippen molar-refractivity contribution in [2.75, 3.05) is 19.8 Å². The van der Waals surface area contributed by atoms with Crippen molar-refractivity contribution in [3.8, 4) is 21.9 Å². The van der Waals surface area contributed by atoms with Gasteiger partial charge in [-0.1, -0.05) is 30.3 Å². The number of aliphatic hydroxyl groups is 1. The summed E-state index contributed by atoms with van der Waals surface area (Å²) in [7, 11) is 0. The van der Waals surface area contributed by atoms with Gasteiger partial charge in [0.25, 0.3) is 0 Å². The van der Waals surface area contributed by atoms with Crippen LogP contribution >= 0.6 is 11.3 Å². The largest absolute Gasteiger partial charge is 0.490 e. The highest BCUT2D eigenvalue weighted by molar-refractivity contribution is 7.13. The molecule has 0 saturated heterocycles. The fourth-order valence-electron chi connectivity index (χ4n) is 4.00. The molecular weight excluding hydrogens is 464 g/mol. The number of hydrogen-bond acceptors (Lipinski definition) is 6. The van der Waals surface area contributed by atoms with E-state index >= 15 is 0 Å². The molecule has 0 amide bonds. The molecule has 0 bridgehead atoms. The van der Waals surface area contributed by atoms with Crippen LogP contribution in [-0.4, -0.2) is 52.6 Å². The molecular formula is C27H30N2O5S. The van der Waals surface area contributed by atoms with Crippen LogP contribution in [0.2, 0.25) is 0 Å². The topological polar surface area (TPSA) is 104 Å². The van der Waals surface area contributed by atoms with E-state index in [1.54, 1.807) is 17.4 Å².